The molecule has 0 fully saturated rings. The lowest BCUT2D eigenvalue weighted by Crippen LogP contribution is -2.33. The molecule has 7 heteroatoms. The molecule has 3 aromatic rings. The topological polar surface area (TPSA) is 81.9 Å². The van der Waals surface area contributed by atoms with Crippen molar-refractivity contribution in [1.82, 2.24) is 25.1 Å². The number of hydrogen-bond donors (Lipinski definition) is 1. The highest BCUT2D eigenvalue weighted by molar-refractivity contribution is 5.92. The largest absolute Gasteiger partial charge is 0.457 e. The summed E-state index contributed by atoms with van der Waals surface area (Å²) in [5.41, 5.74) is 0.312. The summed E-state index contributed by atoms with van der Waals surface area (Å²) in [6.45, 7) is 2.69. The van der Waals surface area contributed by atoms with Crippen molar-refractivity contribution in [2.75, 3.05) is 0 Å². The molecule has 4 rings (SSSR count). The van der Waals surface area contributed by atoms with Crippen LogP contribution < -0.4 is 10.1 Å². The number of para-hydroxylation sites is 1. The zero-order valence-electron chi connectivity index (χ0n) is 14.4. The second-order valence-electron chi connectivity index (χ2n) is 6.20. The van der Waals surface area contributed by atoms with Gasteiger partial charge in [-0.15, -0.1) is 0 Å². The molecule has 0 saturated heterocycles. The van der Waals surface area contributed by atoms with Gasteiger partial charge in [0, 0.05) is 18.8 Å². The molecule has 2 aromatic heterocycles. The van der Waals surface area contributed by atoms with Gasteiger partial charge in [0.15, 0.2) is 0 Å². The van der Waals surface area contributed by atoms with Crippen molar-refractivity contribution in [3.63, 3.8) is 0 Å². The van der Waals surface area contributed by atoms with Crippen LogP contribution in [0.4, 0.5) is 0 Å². The molecule has 0 saturated carbocycles. The minimum atomic E-state index is -0.248. The van der Waals surface area contributed by atoms with Gasteiger partial charge in [-0.2, -0.15) is 5.10 Å². The number of pyridine rings is 1. The number of aryl methyl sites for hydroxylation is 2. The first kappa shape index (κ1) is 16.3. The number of hydrogen-bond acceptors (Lipinski definition) is 5. The molecule has 1 N–H and O–H groups in total. The molecule has 1 amide bonds. The second-order valence-corrected chi connectivity index (χ2v) is 6.20. The molecule has 1 aliphatic rings. The van der Waals surface area contributed by atoms with Crippen LogP contribution in [-0.4, -0.2) is 25.7 Å². The molecule has 7 nitrogen and oxygen atoms in total. The smallest absolute Gasteiger partial charge is 0.270 e. The number of carbonyl (C=O) groups is 1. The Morgan fingerprint density at radius 2 is 2.08 bits per heavy atom. The number of benzene rings is 1. The van der Waals surface area contributed by atoms with E-state index in [0.29, 0.717) is 17.2 Å². The van der Waals surface area contributed by atoms with Gasteiger partial charge in [-0.05, 0) is 38.0 Å². The minimum absolute atomic E-state index is 0.155. The Labute approximate surface area is 151 Å². The summed E-state index contributed by atoms with van der Waals surface area (Å²) >= 11 is 0. The fourth-order valence-corrected chi connectivity index (χ4v) is 3.06. The van der Waals surface area contributed by atoms with E-state index >= 15 is 0 Å². The first-order chi connectivity index (χ1) is 12.7. The Kier molecular flexibility index (Phi) is 4.35. The Morgan fingerprint density at radius 1 is 1.23 bits per heavy atom. The Balaban J connectivity index is 1.50. The van der Waals surface area contributed by atoms with Crippen LogP contribution in [0.3, 0.4) is 0 Å². The lowest BCUT2D eigenvalue weighted by atomic mass is 10.1. The van der Waals surface area contributed by atoms with E-state index in [1.807, 2.05) is 41.9 Å². The lowest BCUT2D eigenvalue weighted by Gasteiger charge is -2.23. The van der Waals surface area contributed by atoms with Crippen molar-refractivity contribution in [2.24, 2.45) is 0 Å². The molecule has 1 unspecified atom stereocenters. The maximum atomic E-state index is 12.6. The van der Waals surface area contributed by atoms with Gasteiger partial charge in [-0.25, -0.2) is 9.67 Å². The first-order valence-electron chi connectivity index (χ1n) is 8.60. The van der Waals surface area contributed by atoms with E-state index in [-0.39, 0.29) is 11.9 Å². The van der Waals surface area contributed by atoms with Crippen LogP contribution in [0.1, 0.15) is 41.0 Å². The quantitative estimate of drug-likeness (QED) is 0.783. The first-order valence-corrected chi connectivity index (χ1v) is 8.60. The van der Waals surface area contributed by atoms with E-state index in [9.17, 15) is 4.79 Å². The van der Waals surface area contributed by atoms with Gasteiger partial charge in [-0.3, -0.25) is 9.78 Å². The van der Waals surface area contributed by atoms with E-state index < -0.39 is 0 Å². The van der Waals surface area contributed by atoms with Crippen LogP contribution in [0.5, 0.6) is 11.5 Å². The molecule has 0 radical (unpaired) electrons. The van der Waals surface area contributed by atoms with E-state index in [1.165, 1.54) is 0 Å². The molecule has 1 aliphatic heterocycles. The maximum Gasteiger partial charge on any atom is 0.270 e. The number of amides is 1. The fourth-order valence-electron chi connectivity index (χ4n) is 3.06. The fraction of sp³-hybridized carbons (Fsp3) is 0.263. The third-order valence-corrected chi connectivity index (χ3v) is 4.23. The Bertz CT molecular complexity index is 923. The zero-order valence-corrected chi connectivity index (χ0v) is 14.4. The monoisotopic (exact) mass is 349 g/mol. The van der Waals surface area contributed by atoms with E-state index in [4.69, 9.17) is 4.74 Å². The molecule has 1 atom stereocenters. The number of rotatable bonds is 4. The molecule has 3 heterocycles. The standard InChI is InChI=1S/C19H19N5O2/c1-13-21-18-16(8-5-11-24(18)23-13)22-19(25)17-12-15(9-10-20-17)26-14-6-3-2-4-7-14/h2-4,6-7,9-10,12,16H,5,8,11H2,1H3,(H,22,25). The number of fused-ring (bicyclic) bond motifs is 1. The summed E-state index contributed by atoms with van der Waals surface area (Å²) in [5.74, 6) is 2.55. The molecular weight excluding hydrogens is 330 g/mol. The number of nitrogens with one attached hydrogen (secondary N) is 1. The molecule has 132 valence electrons. The van der Waals surface area contributed by atoms with Crippen molar-refractivity contribution in [3.05, 3.63) is 66.0 Å². The predicted octanol–water partition coefficient (Wildman–Crippen LogP) is 3.04. The Morgan fingerprint density at radius 3 is 2.92 bits per heavy atom. The maximum absolute atomic E-state index is 12.6. The summed E-state index contributed by atoms with van der Waals surface area (Å²) in [6.07, 6.45) is 3.36. The third-order valence-electron chi connectivity index (χ3n) is 4.23. The van der Waals surface area contributed by atoms with Crippen LogP contribution in [0.15, 0.2) is 48.7 Å². The third kappa shape index (κ3) is 3.42. The predicted molar refractivity (Wildman–Crippen MR) is 95.0 cm³/mol. The molecular formula is C19H19N5O2. The summed E-state index contributed by atoms with van der Waals surface area (Å²) in [5, 5.41) is 7.38. The number of ether oxygens (including phenoxy) is 1. The average Bonchev–Trinajstić information content (AvgIpc) is 3.04. The zero-order chi connectivity index (χ0) is 17.9. The minimum Gasteiger partial charge on any atom is -0.457 e. The number of aromatic nitrogens is 4. The van der Waals surface area contributed by atoms with Crippen LogP contribution >= 0.6 is 0 Å². The summed E-state index contributed by atoms with van der Waals surface area (Å²) in [4.78, 5) is 21.3. The van der Waals surface area contributed by atoms with Gasteiger partial charge in [-0.1, -0.05) is 18.2 Å². The number of carbonyl (C=O) groups excluding carboxylic acids is 1. The van der Waals surface area contributed by atoms with Crippen molar-refractivity contribution >= 4 is 5.91 Å². The highest BCUT2D eigenvalue weighted by atomic mass is 16.5. The molecule has 26 heavy (non-hydrogen) atoms. The summed E-state index contributed by atoms with van der Waals surface area (Å²) < 4.78 is 7.64. The van der Waals surface area contributed by atoms with Crippen LogP contribution in [0.2, 0.25) is 0 Å². The van der Waals surface area contributed by atoms with Crippen LogP contribution in [0.25, 0.3) is 0 Å². The van der Waals surface area contributed by atoms with Crippen molar-refractivity contribution in [2.45, 2.75) is 32.4 Å². The molecule has 1 aromatic carbocycles. The van der Waals surface area contributed by atoms with Gasteiger partial charge < -0.3 is 10.1 Å². The van der Waals surface area contributed by atoms with Gasteiger partial charge >= 0.3 is 0 Å². The van der Waals surface area contributed by atoms with Crippen molar-refractivity contribution in [1.29, 1.82) is 0 Å². The van der Waals surface area contributed by atoms with Crippen LogP contribution in [0, 0.1) is 6.92 Å². The van der Waals surface area contributed by atoms with Gasteiger partial charge in [0.05, 0.1) is 6.04 Å². The van der Waals surface area contributed by atoms with Crippen molar-refractivity contribution < 1.29 is 9.53 Å². The average molecular weight is 349 g/mol. The normalized spacial score (nSPS) is 16.0. The SMILES string of the molecule is Cc1nc2n(n1)CCCC2NC(=O)c1cc(Oc2ccccc2)ccn1. The molecule has 0 aliphatic carbocycles. The highest BCUT2D eigenvalue weighted by Crippen LogP contribution is 2.24. The lowest BCUT2D eigenvalue weighted by molar-refractivity contribution is 0.0922. The van der Waals surface area contributed by atoms with E-state index in [1.54, 1.807) is 18.3 Å². The highest BCUT2D eigenvalue weighted by Gasteiger charge is 2.25. The van der Waals surface area contributed by atoms with Gasteiger partial charge in [0.25, 0.3) is 5.91 Å². The van der Waals surface area contributed by atoms with Crippen LogP contribution in [-0.2, 0) is 6.54 Å². The van der Waals surface area contributed by atoms with Gasteiger partial charge in [0.1, 0.15) is 28.8 Å². The summed E-state index contributed by atoms with van der Waals surface area (Å²) in [6, 6.07) is 12.6. The molecule has 0 spiro atoms. The van der Waals surface area contributed by atoms with Gasteiger partial charge in [0.2, 0.25) is 0 Å². The van der Waals surface area contributed by atoms with E-state index in [2.05, 4.69) is 20.4 Å². The van der Waals surface area contributed by atoms with Crippen molar-refractivity contribution in [3.8, 4) is 11.5 Å². The summed E-state index contributed by atoms with van der Waals surface area (Å²) in [7, 11) is 0. The molecule has 0 bridgehead atoms. The second kappa shape index (κ2) is 6.95. The van der Waals surface area contributed by atoms with E-state index in [0.717, 1.165) is 31.0 Å². The number of nitrogens with zero attached hydrogens (tertiary/aromatic N) is 4. The Hall–Kier alpha value is -3.22.